The highest BCUT2D eigenvalue weighted by Gasteiger charge is 2.16. The van der Waals surface area contributed by atoms with Crippen LogP contribution in [0.3, 0.4) is 0 Å². The van der Waals surface area contributed by atoms with E-state index in [0.717, 1.165) is 30.1 Å². The number of hydrogen-bond donors (Lipinski definition) is 1. The van der Waals surface area contributed by atoms with Crippen LogP contribution in [0.4, 0.5) is 0 Å². The Morgan fingerprint density at radius 2 is 2.18 bits per heavy atom. The van der Waals surface area contributed by atoms with Crippen LogP contribution in [0, 0.1) is 0 Å². The van der Waals surface area contributed by atoms with Gasteiger partial charge in [0.2, 0.25) is 0 Å². The second kappa shape index (κ2) is 8.03. The molecule has 0 aliphatic heterocycles. The summed E-state index contributed by atoms with van der Waals surface area (Å²) in [6.07, 6.45) is 2.20. The Morgan fingerprint density at radius 3 is 2.65 bits per heavy atom. The van der Waals surface area contributed by atoms with Gasteiger partial charge in [-0.1, -0.05) is 13.8 Å². The summed E-state index contributed by atoms with van der Waals surface area (Å²) in [5, 5.41) is 12.2. The van der Waals surface area contributed by atoms with Crippen LogP contribution in [0.2, 0.25) is 0 Å². The number of aliphatic hydroxyl groups excluding tert-OH is 1. The van der Waals surface area contributed by atoms with Crippen molar-refractivity contribution in [3.05, 3.63) is 16.1 Å². The zero-order valence-corrected chi connectivity index (χ0v) is 12.1. The summed E-state index contributed by atoms with van der Waals surface area (Å²) in [5.41, 5.74) is 0.945. The molecule has 0 spiro atoms. The minimum absolute atomic E-state index is 0.199. The Kier molecular flexibility index (Phi) is 7.04. The van der Waals surface area contributed by atoms with Crippen LogP contribution in [0.25, 0.3) is 0 Å². The van der Waals surface area contributed by atoms with Crippen LogP contribution in [-0.2, 0) is 12.4 Å². The van der Waals surface area contributed by atoms with E-state index >= 15 is 0 Å². The van der Waals surface area contributed by atoms with Gasteiger partial charge in [-0.25, -0.2) is 4.98 Å². The molecular weight excluding hydrogens is 256 g/mol. The van der Waals surface area contributed by atoms with E-state index in [0.29, 0.717) is 18.5 Å². The van der Waals surface area contributed by atoms with E-state index in [1.165, 1.54) is 0 Å². The van der Waals surface area contributed by atoms with Crippen molar-refractivity contribution in [1.82, 2.24) is 9.88 Å². The third-order valence-corrected chi connectivity index (χ3v) is 4.08. The topological polar surface area (TPSA) is 36.4 Å². The van der Waals surface area contributed by atoms with Gasteiger partial charge in [-0.15, -0.1) is 22.9 Å². The molecule has 1 aromatic rings. The number of alkyl halides is 1. The van der Waals surface area contributed by atoms with Crippen LogP contribution in [0.1, 0.15) is 37.4 Å². The molecular formula is C12H21ClN2OS. The molecule has 0 amide bonds. The third kappa shape index (κ3) is 4.54. The molecule has 1 heterocycles. The molecule has 1 aromatic heterocycles. The average molecular weight is 277 g/mol. The molecule has 0 fully saturated rings. The van der Waals surface area contributed by atoms with Gasteiger partial charge in [-0.2, -0.15) is 0 Å². The van der Waals surface area contributed by atoms with Crippen molar-refractivity contribution in [2.75, 3.05) is 13.2 Å². The summed E-state index contributed by atoms with van der Waals surface area (Å²) >= 11 is 7.39. The van der Waals surface area contributed by atoms with Crippen molar-refractivity contribution in [2.24, 2.45) is 0 Å². The molecule has 0 aromatic carbocycles. The maximum atomic E-state index is 9.13. The molecule has 0 saturated heterocycles. The van der Waals surface area contributed by atoms with Gasteiger partial charge in [-0.05, 0) is 12.8 Å². The lowest BCUT2D eigenvalue weighted by Gasteiger charge is -2.28. The molecule has 3 nitrogen and oxygen atoms in total. The van der Waals surface area contributed by atoms with E-state index in [2.05, 4.69) is 23.7 Å². The van der Waals surface area contributed by atoms with Gasteiger partial charge < -0.3 is 5.11 Å². The van der Waals surface area contributed by atoms with Crippen molar-refractivity contribution < 1.29 is 5.11 Å². The van der Waals surface area contributed by atoms with E-state index < -0.39 is 0 Å². The summed E-state index contributed by atoms with van der Waals surface area (Å²) in [4.78, 5) is 6.77. The fourth-order valence-corrected chi connectivity index (χ4v) is 3.03. The molecule has 0 saturated carbocycles. The SMILES string of the molecule is CCC(CC)N(CCO)Cc1nc(CCl)cs1. The molecule has 17 heavy (non-hydrogen) atoms. The van der Waals surface area contributed by atoms with E-state index in [1.54, 1.807) is 11.3 Å². The second-order valence-electron chi connectivity index (χ2n) is 4.03. The molecule has 1 rings (SSSR count). The van der Waals surface area contributed by atoms with Crippen LogP contribution >= 0.6 is 22.9 Å². The van der Waals surface area contributed by atoms with E-state index in [-0.39, 0.29) is 6.61 Å². The zero-order valence-electron chi connectivity index (χ0n) is 10.5. The number of thiazole rings is 1. The van der Waals surface area contributed by atoms with Gasteiger partial charge >= 0.3 is 0 Å². The first-order valence-corrected chi connectivity index (χ1v) is 7.50. The lowest BCUT2D eigenvalue weighted by molar-refractivity contribution is 0.136. The largest absolute Gasteiger partial charge is 0.395 e. The van der Waals surface area contributed by atoms with E-state index in [4.69, 9.17) is 16.7 Å². The Hall–Kier alpha value is -0.160. The first-order chi connectivity index (χ1) is 8.24. The minimum Gasteiger partial charge on any atom is -0.395 e. The van der Waals surface area contributed by atoms with Crippen LogP contribution in [0.5, 0.6) is 0 Å². The lowest BCUT2D eigenvalue weighted by atomic mass is 10.1. The monoisotopic (exact) mass is 276 g/mol. The first-order valence-electron chi connectivity index (χ1n) is 6.09. The van der Waals surface area contributed by atoms with Crippen LogP contribution in [0.15, 0.2) is 5.38 Å². The minimum atomic E-state index is 0.199. The van der Waals surface area contributed by atoms with Crippen molar-refractivity contribution in [1.29, 1.82) is 0 Å². The number of nitrogens with zero attached hydrogens (tertiary/aromatic N) is 2. The molecule has 0 radical (unpaired) electrons. The molecule has 0 aliphatic carbocycles. The predicted molar refractivity (Wildman–Crippen MR) is 73.5 cm³/mol. The van der Waals surface area contributed by atoms with Gasteiger partial charge in [0.1, 0.15) is 5.01 Å². The fourth-order valence-electron chi connectivity index (χ4n) is 1.98. The van der Waals surface area contributed by atoms with Gasteiger partial charge in [0.15, 0.2) is 0 Å². The predicted octanol–water partition coefficient (Wildman–Crippen LogP) is 2.86. The lowest BCUT2D eigenvalue weighted by Crippen LogP contribution is -2.36. The number of hydrogen-bond acceptors (Lipinski definition) is 4. The Balaban J connectivity index is 2.64. The maximum Gasteiger partial charge on any atom is 0.107 e. The fraction of sp³-hybridized carbons (Fsp3) is 0.750. The van der Waals surface area contributed by atoms with Gasteiger partial charge in [0, 0.05) is 18.0 Å². The summed E-state index contributed by atoms with van der Waals surface area (Å²) < 4.78 is 0. The number of aliphatic hydroxyl groups is 1. The van der Waals surface area contributed by atoms with E-state index in [9.17, 15) is 0 Å². The van der Waals surface area contributed by atoms with Gasteiger partial charge in [-0.3, -0.25) is 4.90 Å². The van der Waals surface area contributed by atoms with Crippen molar-refractivity contribution in [2.45, 2.75) is 45.2 Å². The molecule has 0 aliphatic rings. The normalized spacial score (nSPS) is 11.6. The molecule has 98 valence electrons. The molecule has 5 heteroatoms. The average Bonchev–Trinajstić information content (AvgIpc) is 2.78. The first kappa shape index (κ1) is 14.9. The standard InChI is InChI=1S/C12H21ClN2OS/c1-3-11(4-2)15(5-6-16)8-12-14-10(7-13)9-17-12/h9,11,16H,3-8H2,1-2H3. The van der Waals surface area contributed by atoms with Gasteiger partial charge in [0.25, 0.3) is 0 Å². The van der Waals surface area contributed by atoms with Crippen LogP contribution < -0.4 is 0 Å². The summed E-state index contributed by atoms with van der Waals surface area (Å²) in [6.45, 7) is 6.09. The zero-order chi connectivity index (χ0) is 12.7. The van der Waals surface area contributed by atoms with Crippen molar-refractivity contribution in [3.63, 3.8) is 0 Å². The maximum absolute atomic E-state index is 9.13. The number of aromatic nitrogens is 1. The summed E-state index contributed by atoms with van der Waals surface area (Å²) in [5.74, 6) is 0.474. The van der Waals surface area contributed by atoms with Crippen LogP contribution in [-0.4, -0.2) is 34.2 Å². The molecule has 0 atom stereocenters. The Bertz CT molecular complexity index is 315. The quantitative estimate of drug-likeness (QED) is 0.742. The smallest absolute Gasteiger partial charge is 0.107 e. The highest BCUT2D eigenvalue weighted by atomic mass is 35.5. The van der Waals surface area contributed by atoms with Crippen molar-refractivity contribution in [3.8, 4) is 0 Å². The Labute approximate surface area is 112 Å². The number of halogens is 1. The van der Waals surface area contributed by atoms with E-state index in [1.807, 2.05) is 5.38 Å². The Morgan fingerprint density at radius 1 is 1.47 bits per heavy atom. The third-order valence-electron chi connectivity index (χ3n) is 2.92. The number of rotatable bonds is 8. The molecule has 1 N–H and O–H groups in total. The molecule has 0 unspecified atom stereocenters. The summed E-state index contributed by atoms with van der Waals surface area (Å²) in [7, 11) is 0. The summed E-state index contributed by atoms with van der Waals surface area (Å²) in [6, 6.07) is 0.519. The highest BCUT2D eigenvalue weighted by molar-refractivity contribution is 7.09. The van der Waals surface area contributed by atoms with Crippen molar-refractivity contribution >= 4 is 22.9 Å². The molecule has 0 bridgehead atoms. The highest BCUT2D eigenvalue weighted by Crippen LogP contribution is 2.17. The second-order valence-corrected chi connectivity index (χ2v) is 5.24. The van der Waals surface area contributed by atoms with Gasteiger partial charge in [0.05, 0.1) is 24.7 Å².